The van der Waals surface area contributed by atoms with Crippen LogP contribution in [0.25, 0.3) is 0 Å². The van der Waals surface area contributed by atoms with Crippen LogP contribution in [0.4, 0.5) is 0 Å². The van der Waals surface area contributed by atoms with E-state index in [1.54, 1.807) is 17.4 Å². The fraction of sp³-hybridized carbons (Fsp3) is 0.333. The van der Waals surface area contributed by atoms with Crippen molar-refractivity contribution in [3.8, 4) is 0 Å². The Labute approximate surface area is 161 Å². The van der Waals surface area contributed by atoms with E-state index in [2.05, 4.69) is 53.7 Å². The highest BCUT2D eigenvalue weighted by Crippen LogP contribution is 2.11. The maximum absolute atomic E-state index is 12.0. The minimum absolute atomic E-state index is 0.0562. The van der Waals surface area contributed by atoms with Crippen LogP contribution >= 0.6 is 27.3 Å². The second-order valence-electron chi connectivity index (χ2n) is 5.37. The molecule has 0 radical (unpaired) electrons. The number of carbonyl (C=O) groups excluding carboxylic acids is 1. The van der Waals surface area contributed by atoms with E-state index in [0.717, 1.165) is 29.9 Å². The standard InChI is InChI=1S/C18H23BrN4OS/c1-2-20-18(23-12-14-7-10-25-13-14)22-9-4-8-21-17(24)15-5-3-6-16(19)11-15/h3,5-7,10-11,13H,2,4,8-9,12H2,1H3,(H,21,24)(H2,20,22,23). The predicted octanol–water partition coefficient (Wildman–Crippen LogP) is 3.39. The van der Waals surface area contributed by atoms with Gasteiger partial charge < -0.3 is 16.0 Å². The Morgan fingerprint density at radius 2 is 2.04 bits per heavy atom. The third kappa shape index (κ3) is 7.27. The Morgan fingerprint density at radius 1 is 1.20 bits per heavy atom. The number of hydrogen-bond acceptors (Lipinski definition) is 3. The zero-order valence-electron chi connectivity index (χ0n) is 14.2. The predicted molar refractivity (Wildman–Crippen MR) is 108 cm³/mol. The summed E-state index contributed by atoms with van der Waals surface area (Å²) in [6.45, 7) is 4.88. The first-order valence-electron chi connectivity index (χ1n) is 8.26. The molecular weight excluding hydrogens is 400 g/mol. The largest absolute Gasteiger partial charge is 0.357 e. The molecule has 1 aromatic carbocycles. The SMILES string of the molecule is CCNC(=NCc1ccsc1)NCCCNC(=O)c1cccc(Br)c1. The first-order chi connectivity index (χ1) is 12.2. The summed E-state index contributed by atoms with van der Waals surface area (Å²) in [6, 6.07) is 9.45. The van der Waals surface area contributed by atoms with Gasteiger partial charge in [0.25, 0.3) is 5.91 Å². The van der Waals surface area contributed by atoms with Crippen molar-refractivity contribution >= 4 is 39.1 Å². The molecule has 0 aliphatic heterocycles. The van der Waals surface area contributed by atoms with E-state index in [1.807, 2.05) is 25.1 Å². The van der Waals surface area contributed by atoms with E-state index in [1.165, 1.54) is 5.56 Å². The fourth-order valence-corrected chi connectivity index (χ4v) is 3.18. The molecule has 5 nitrogen and oxygen atoms in total. The van der Waals surface area contributed by atoms with Crippen LogP contribution in [0.2, 0.25) is 0 Å². The van der Waals surface area contributed by atoms with Crippen molar-refractivity contribution in [3.63, 3.8) is 0 Å². The molecule has 1 amide bonds. The molecule has 0 unspecified atom stereocenters. The van der Waals surface area contributed by atoms with E-state index in [9.17, 15) is 4.79 Å². The lowest BCUT2D eigenvalue weighted by molar-refractivity contribution is 0.0953. The molecular formula is C18H23BrN4OS. The van der Waals surface area contributed by atoms with Gasteiger partial charge in [-0.2, -0.15) is 11.3 Å². The van der Waals surface area contributed by atoms with Crippen molar-refractivity contribution in [2.75, 3.05) is 19.6 Å². The van der Waals surface area contributed by atoms with Gasteiger partial charge in [0.1, 0.15) is 0 Å². The quantitative estimate of drug-likeness (QED) is 0.347. The molecule has 0 spiro atoms. The third-order valence-corrected chi connectivity index (χ3v) is 4.59. The molecule has 1 heterocycles. The number of nitrogens with zero attached hydrogens (tertiary/aromatic N) is 1. The van der Waals surface area contributed by atoms with E-state index in [4.69, 9.17) is 0 Å². The summed E-state index contributed by atoms with van der Waals surface area (Å²) in [5, 5.41) is 13.6. The molecule has 0 aliphatic carbocycles. The number of guanidine groups is 1. The van der Waals surface area contributed by atoms with Crippen molar-refractivity contribution in [1.82, 2.24) is 16.0 Å². The zero-order valence-corrected chi connectivity index (χ0v) is 16.6. The minimum Gasteiger partial charge on any atom is -0.357 e. The number of nitrogens with one attached hydrogen (secondary N) is 3. The van der Waals surface area contributed by atoms with Crippen LogP contribution in [0.5, 0.6) is 0 Å². The average molecular weight is 423 g/mol. The molecule has 25 heavy (non-hydrogen) atoms. The van der Waals surface area contributed by atoms with Crippen LogP contribution in [-0.4, -0.2) is 31.5 Å². The van der Waals surface area contributed by atoms with E-state index >= 15 is 0 Å². The van der Waals surface area contributed by atoms with Gasteiger partial charge in [0.2, 0.25) is 0 Å². The van der Waals surface area contributed by atoms with Gasteiger partial charge in [-0.15, -0.1) is 0 Å². The van der Waals surface area contributed by atoms with Crippen molar-refractivity contribution < 1.29 is 4.79 Å². The van der Waals surface area contributed by atoms with E-state index < -0.39 is 0 Å². The topological polar surface area (TPSA) is 65.5 Å². The molecule has 0 fully saturated rings. The molecule has 134 valence electrons. The smallest absolute Gasteiger partial charge is 0.251 e. The summed E-state index contributed by atoms with van der Waals surface area (Å²) < 4.78 is 0.902. The number of carbonyl (C=O) groups is 1. The summed E-state index contributed by atoms with van der Waals surface area (Å²) in [7, 11) is 0. The van der Waals surface area contributed by atoms with Crippen molar-refractivity contribution in [1.29, 1.82) is 0 Å². The number of halogens is 1. The number of hydrogen-bond donors (Lipinski definition) is 3. The normalized spacial score (nSPS) is 11.2. The summed E-state index contributed by atoms with van der Waals surface area (Å²) in [5.74, 6) is 0.742. The van der Waals surface area contributed by atoms with Crippen molar-refractivity contribution in [3.05, 3.63) is 56.7 Å². The highest BCUT2D eigenvalue weighted by Gasteiger charge is 2.04. The lowest BCUT2D eigenvalue weighted by Gasteiger charge is -2.11. The maximum atomic E-state index is 12.0. The molecule has 2 rings (SSSR count). The van der Waals surface area contributed by atoms with Gasteiger partial charge in [-0.1, -0.05) is 22.0 Å². The summed E-state index contributed by atoms with van der Waals surface area (Å²) >= 11 is 5.05. The minimum atomic E-state index is -0.0562. The van der Waals surface area contributed by atoms with Crippen LogP contribution in [0.15, 0.2) is 50.6 Å². The van der Waals surface area contributed by atoms with Gasteiger partial charge >= 0.3 is 0 Å². The first kappa shape index (κ1) is 19.5. The van der Waals surface area contributed by atoms with Gasteiger partial charge in [0.05, 0.1) is 6.54 Å². The Morgan fingerprint density at radius 3 is 2.76 bits per heavy atom. The third-order valence-electron chi connectivity index (χ3n) is 3.36. The summed E-state index contributed by atoms with van der Waals surface area (Å²) in [4.78, 5) is 16.6. The summed E-state index contributed by atoms with van der Waals surface area (Å²) in [5.41, 5.74) is 1.87. The maximum Gasteiger partial charge on any atom is 0.251 e. The summed E-state index contributed by atoms with van der Waals surface area (Å²) in [6.07, 6.45) is 0.822. The van der Waals surface area contributed by atoms with Gasteiger partial charge in [-0.05, 0) is 53.9 Å². The van der Waals surface area contributed by atoms with Crippen LogP contribution < -0.4 is 16.0 Å². The second kappa shape index (κ2) is 10.9. The van der Waals surface area contributed by atoms with E-state index in [0.29, 0.717) is 18.7 Å². The van der Waals surface area contributed by atoms with Gasteiger partial charge in [-0.25, -0.2) is 4.99 Å². The van der Waals surface area contributed by atoms with Crippen LogP contribution in [0, 0.1) is 0 Å². The molecule has 2 aromatic rings. The van der Waals surface area contributed by atoms with Crippen molar-refractivity contribution in [2.45, 2.75) is 19.9 Å². The van der Waals surface area contributed by atoms with Gasteiger partial charge in [0.15, 0.2) is 5.96 Å². The highest BCUT2D eigenvalue weighted by atomic mass is 79.9. The van der Waals surface area contributed by atoms with Crippen LogP contribution in [0.1, 0.15) is 29.3 Å². The highest BCUT2D eigenvalue weighted by molar-refractivity contribution is 9.10. The Kier molecular flexibility index (Phi) is 8.48. The Hall–Kier alpha value is -1.86. The molecule has 0 saturated carbocycles. The molecule has 0 bridgehead atoms. The number of aliphatic imine (C=N–C) groups is 1. The molecule has 0 aliphatic rings. The molecule has 0 atom stereocenters. The molecule has 0 saturated heterocycles. The van der Waals surface area contributed by atoms with Crippen LogP contribution in [-0.2, 0) is 6.54 Å². The van der Waals surface area contributed by atoms with Crippen molar-refractivity contribution in [2.24, 2.45) is 4.99 Å². The molecule has 1 aromatic heterocycles. The van der Waals surface area contributed by atoms with Crippen LogP contribution in [0.3, 0.4) is 0 Å². The van der Waals surface area contributed by atoms with Gasteiger partial charge in [-0.3, -0.25) is 4.79 Å². The lowest BCUT2D eigenvalue weighted by atomic mass is 10.2. The molecule has 7 heteroatoms. The zero-order chi connectivity index (χ0) is 17.9. The van der Waals surface area contributed by atoms with E-state index in [-0.39, 0.29) is 5.91 Å². The lowest BCUT2D eigenvalue weighted by Crippen LogP contribution is -2.38. The number of amides is 1. The molecule has 3 N–H and O–H groups in total. The number of thiophene rings is 1. The Balaban J connectivity index is 1.69. The Bertz CT molecular complexity index is 688. The number of benzene rings is 1. The monoisotopic (exact) mass is 422 g/mol. The number of rotatable bonds is 8. The fourth-order valence-electron chi connectivity index (χ4n) is 2.12. The van der Waals surface area contributed by atoms with Gasteiger partial charge in [0, 0.05) is 29.7 Å². The first-order valence-corrected chi connectivity index (χ1v) is 9.99. The average Bonchev–Trinajstić information content (AvgIpc) is 3.12. The second-order valence-corrected chi connectivity index (χ2v) is 7.07.